The molecule has 0 fully saturated rings. The molecule has 0 unspecified atom stereocenters. The highest BCUT2D eigenvalue weighted by atomic mass is 19.3. The van der Waals surface area contributed by atoms with Crippen molar-refractivity contribution in [1.29, 1.82) is 0 Å². The normalized spacial score (nSPS) is 13.4. The van der Waals surface area contributed by atoms with Crippen molar-refractivity contribution in [3.8, 4) is 0 Å². The largest absolute Gasteiger partial charge is 0.458 e. The van der Waals surface area contributed by atoms with E-state index in [0.717, 1.165) is 6.20 Å². The maximum Gasteiger partial charge on any atom is 0.329 e. The SMILES string of the molecule is CC(C)[C@@H](Nc1cnc(C(F)F)cn1)C(=O)OC(C)(C)C. The van der Waals surface area contributed by atoms with E-state index in [1.165, 1.54) is 6.20 Å². The van der Waals surface area contributed by atoms with Gasteiger partial charge in [0.2, 0.25) is 0 Å². The van der Waals surface area contributed by atoms with Crippen LogP contribution in [0.5, 0.6) is 0 Å². The first-order chi connectivity index (χ1) is 9.60. The molecule has 118 valence electrons. The van der Waals surface area contributed by atoms with Crippen LogP contribution in [0, 0.1) is 5.92 Å². The van der Waals surface area contributed by atoms with Gasteiger partial charge in [-0.15, -0.1) is 0 Å². The Morgan fingerprint density at radius 2 is 1.86 bits per heavy atom. The second-order valence-electron chi connectivity index (χ2n) is 6.03. The van der Waals surface area contributed by atoms with E-state index in [0.29, 0.717) is 0 Å². The number of nitrogens with zero attached hydrogens (tertiary/aromatic N) is 2. The van der Waals surface area contributed by atoms with Crippen LogP contribution in [0.4, 0.5) is 14.6 Å². The topological polar surface area (TPSA) is 64.1 Å². The van der Waals surface area contributed by atoms with Gasteiger partial charge in [-0.05, 0) is 26.7 Å². The van der Waals surface area contributed by atoms with Crippen molar-refractivity contribution in [1.82, 2.24) is 9.97 Å². The molecule has 1 rings (SSSR count). The van der Waals surface area contributed by atoms with Crippen LogP contribution in [0.15, 0.2) is 12.4 Å². The lowest BCUT2D eigenvalue weighted by molar-refractivity contribution is -0.156. The predicted octanol–water partition coefficient (Wildman–Crippen LogP) is 3.19. The quantitative estimate of drug-likeness (QED) is 0.846. The highest BCUT2D eigenvalue weighted by Gasteiger charge is 2.28. The van der Waals surface area contributed by atoms with Gasteiger partial charge < -0.3 is 10.1 Å². The highest BCUT2D eigenvalue weighted by Crippen LogP contribution is 2.18. The summed E-state index contributed by atoms with van der Waals surface area (Å²) in [5.41, 5.74) is -1.00. The second kappa shape index (κ2) is 6.78. The van der Waals surface area contributed by atoms with Gasteiger partial charge in [0.05, 0.1) is 12.4 Å². The number of carbonyl (C=O) groups excluding carboxylic acids is 1. The molecule has 1 atom stereocenters. The molecule has 0 radical (unpaired) electrons. The molecular formula is C14H21F2N3O2. The fourth-order valence-corrected chi connectivity index (χ4v) is 1.55. The zero-order valence-electron chi connectivity index (χ0n) is 12.9. The van der Waals surface area contributed by atoms with Crippen molar-refractivity contribution in [2.45, 2.75) is 52.7 Å². The summed E-state index contributed by atoms with van der Waals surface area (Å²) in [7, 11) is 0. The molecule has 1 aromatic rings. The molecule has 1 N–H and O–H groups in total. The standard InChI is InChI=1S/C14H21F2N3O2/c1-8(2)11(13(20)21-14(3,4)5)19-10-7-17-9(6-18-10)12(15)16/h6-8,11-12H,1-5H3,(H,18,19)/t11-/m1/s1. The van der Waals surface area contributed by atoms with Crippen LogP contribution in [0.25, 0.3) is 0 Å². The van der Waals surface area contributed by atoms with Gasteiger partial charge in [0.15, 0.2) is 0 Å². The zero-order chi connectivity index (χ0) is 16.2. The molecule has 0 amide bonds. The minimum absolute atomic E-state index is 0.0589. The van der Waals surface area contributed by atoms with Crippen molar-refractivity contribution < 1.29 is 18.3 Å². The monoisotopic (exact) mass is 301 g/mol. The fraction of sp³-hybridized carbons (Fsp3) is 0.643. The van der Waals surface area contributed by atoms with Gasteiger partial charge >= 0.3 is 5.97 Å². The first kappa shape index (κ1) is 17.3. The predicted molar refractivity (Wildman–Crippen MR) is 75.1 cm³/mol. The number of alkyl halides is 2. The van der Waals surface area contributed by atoms with E-state index in [-0.39, 0.29) is 11.7 Å². The summed E-state index contributed by atoms with van der Waals surface area (Å²) in [6.07, 6.45) is -0.501. The Balaban J connectivity index is 2.81. The van der Waals surface area contributed by atoms with E-state index in [4.69, 9.17) is 4.74 Å². The van der Waals surface area contributed by atoms with Gasteiger partial charge in [0.1, 0.15) is 23.2 Å². The van der Waals surface area contributed by atoms with E-state index in [2.05, 4.69) is 15.3 Å². The molecule has 0 aromatic carbocycles. The molecule has 1 heterocycles. The Labute approximate surface area is 123 Å². The van der Waals surface area contributed by atoms with Crippen LogP contribution in [-0.4, -0.2) is 27.6 Å². The average molecular weight is 301 g/mol. The van der Waals surface area contributed by atoms with Crippen molar-refractivity contribution in [2.24, 2.45) is 5.92 Å². The Morgan fingerprint density at radius 1 is 1.24 bits per heavy atom. The van der Waals surface area contributed by atoms with Crippen molar-refractivity contribution >= 4 is 11.8 Å². The number of carbonyl (C=O) groups is 1. The lowest BCUT2D eigenvalue weighted by Gasteiger charge is -2.26. The Hall–Kier alpha value is -1.79. The van der Waals surface area contributed by atoms with Crippen LogP contribution in [0.2, 0.25) is 0 Å². The summed E-state index contributed by atoms with van der Waals surface area (Å²) >= 11 is 0. The number of rotatable bonds is 5. The lowest BCUT2D eigenvalue weighted by Crippen LogP contribution is -2.40. The van der Waals surface area contributed by atoms with Gasteiger partial charge in [0.25, 0.3) is 6.43 Å². The van der Waals surface area contributed by atoms with Gasteiger partial charge in [-0.2, -0.15) is 0 Å². The Bertz CT molecular complexity index is 470. The molecule has 0 saturated heterocycles. The summed E-state index contributed by atoms with van der Waals surface area (Å²) in [4.78, 5) is 19.6. The zero-order valence-corrected chi connectivity index (χ0v) is 12.9. The molecule has 0 bridgehead atoms. The molecule has 0 aliphatic carbocycles. The van der Waals surface area contributed by atoms with Gasteiger partial charge in [-0.3, -0.25) is 0 Å². The second-order valence-corrected chi connectivity index (χ2v) is 6.03. The number of halogens is 2. The van der Waals surface area contributed by atoms with Crippen LogP contribution < -0.4 is 5.32 Å². The number of esters is 1. The molecule has 5 nitrogen and oxygen atoms in total. The van der Waals surface area contributed by atoms with E-state index in [9.17, 15) is 13.6 Å². The summed E-state index contributed by atoms with van der Waals surface area (Å²) in [6.45, 7) is 9.03. The first-order valence-electron chi connectivity index (χ1n) is 6.69. The number of hydrogen-bond acceptors (Lipinski definition) is 5. The van der Waals surface area contributed by atoms with Crippen molar-refractivity contribution in [3.05, 3.63) is 18.1 Å². The molecule has 0 spiro atoms. The number of anilines is 1. The summed E-state index contributed by atoms with van der Waals surface area (Å²) < 4.78 is 30.1. The number of aromatic nitrogens is 2. The van der Waals surface area contributed by atoms with Crippen molar-refractivity contribution in [2.75, 3.05) is 5.32 Å². The first-order valence-corrected chi connectivity index (χ1v) is 6.69. The van der Waals surface area contributed by atoms with Gasteiger partial charge in [-0.1, -0.05) is 13.8 Å². The minimum Gasteiger partial charge on any atom is -0.458 e. The third-order valence-electron chi connectivity index (χ3n) is 2.53. The molecule has 0 aliphatic rings. The lowest BCUT2D eigenvalue weighted by atomic mass is 10.0. The third-order valence-corrected chi connectivity index (χ3v) is 2.53. The molecular weight excluding hydrogens is 280 g/mol. The molecule has 7 heteroatoms. The van der Waals surface area contributed by atoms with Crippen LogP contribution in [0.3, 0.4) is 0 Å². The van der Waals surface area contributed by atoms with Crippen LogP contribution in [-0.2, 0) is 9.53 Å². The molecule has 21 heavy (non-hydrogen) atoms. The Morgan fingerprint density at radius 3 is 2.24 bits per heavy atom. The Kier molecular flexibility index (Phi) is 5.57. The van der Waals surface area contributed by atoms with E-state index in [1.807, 2.05) is 13.8 Å². The van der Waals surface area contributed by atoms with Gasteiger partial charge in [-0.25, -0.2) is 23.5 Å². The number of ether oxygens (including phenoxy) is 1. The van der Waals surface area contributed by atoms with E-state index >= 15 is 0 Å². The van der Waals surface area contributed by atoms with E-state index in [1.54, 1.807) is 20.8 Å². The smallest absolute Gasteiger partial charge is 0.329 e. The van der Waals surface area contributed by atoms with Crippen molar-refractivity contribution in [3.63, 3.8) is 0 Å². The van der Waals surface area contributed by atoms with Crippen LogP contribution in [0.1, 0.15) is 46.7 Å². The molecule has 1 aromatic heterocycles. The summed E-state index contributed by atoms with van der Waals surface area (Å²) in [5, 5.41) is 2.87. The third kappa shape index (κ3) is 5.61. The molecule has 0 aliphatic heterocycles. The summed E-state index contributed by atoms with van der Waals surface area (Å²) in [6, 6.07) is -0.629. The number of hydrogen-bond donors (Lipinski definition) is 1. The summed E-state index contributed by atoms with van der Waals surface area (Å²) in [5.74, 6) is -0.224. The molecule has 0 saturated carbocycles. The maximum absolute atomic E-state index is 12.4. The minimum atomic E-state index is -2.67. The number of nitrogens with one attached hydrogen (secondary N) is 1. The average Bonchev–Trinajstić information content (AvgIpc) is 2.33. The van der Waals surface area contributed by atoms with Gasteiger partial charge in [0, 0.05) is 0 Å². The highest BCUT2D eigenvalue weighted by molar-refractivity contribution is 5.79. The fourth-order valence-electron chi connectivity index (χ4n) is 1.55. The van der Waals surface area contributed by atoms with E-state index < -0.39 is 29.7 Å². The van der Waals surface area contributed by atoms with Crippen LogP contribution >= 0.6 is 0 Å². The maximum atomic E-state index is 12.4.